The van der Waals surface area contributed by atoms with Crippen molar-refractivity contribution in [3.05, 3.63) is 71.4 Å². The molecule has 2 aromatic carbocycles. The SMILES string of the molecule is Cc1cccc(-n2nc(C)cc2-c2cccc(CCC(C)P)c2)c1. The Balaban J connectivity index is 2.00. The summed E-state index contributed by atoms with van der Waals surface area (Å²) in [6.45, 7) is 6.41. The summed E-state index contributed by atoms with van der Waals surface area (Å²) in [5.41, 5.74) is 7.81. The van der Waals surface area contributed by atoms with E-state index in [0.717, 1.165) is 23.5 Å². The number of rotatable bonds is 5. The van der Waals surface area contributed by atoms with Crippen LogP contribution < -0.4 is 0 Å². The van der Waals surface area contributed by atoms with Gasteiger partial charge in [-0.25, -0.2) is 4.68 Å². The summed E-state index contributed by atoms with van der Waals surface area (Å²) in [6, 6.07) is 19.5. The Bertz CT molecular complexity index is 833. The number of aromatic nitrogens is 2. The van der Waals surface area contributed by atoms with Crippen molar-refractivity contribution in [3.8, 4) is 16.9 Å². The summed E-state index contributed by atoms with van der Waals surface area (Å²) in [5, 5.41) is 4.72. The molecule has 124 valence electrons. The third-order valence-corrected chi connectivity index (χ3v) is 4.52. The molecule has 1 heterocycles. The molecule has 0 saturated carbocycles. The zero-order valence-electron chi connectivity index (χ0n) is 14.7. The monoisotopic (exact) mass is 336 g/mol. The predicted octanol–water partition coefficient (Wildman–Crippen LogP) is 5.35. The lowest BCUT2D eigenvalue weighted by molar-refractivity contribution is 0.812. The Labute approximate surface area is 147 Å². The molecule has 24 heavy (non-hydrogen) atoms. The lowest BCUT2D eigenvalue weighted by atomic mass is 10.0. The second-order valence-corrected chi connectivity index (χ2v) is 7.78. The molecular formula is C21H25N2P. The predicted molar refractivity (Wildman–Crippen MR) is 106 cm³/mol. The molecule has 3 rings (SSSR count). The molecule has 3 heteroatoms. The molecule has 3 aromatic rings. The maximum atomic E-state index is 4.72. The molecule has 0 aliphatic rings. The van der Waals surface area contributed by atoms with Gasteiger partial charge >= 0.3 is 0 Å². The van der Waals surface area contributed by atoms with E-state index >= 15 is 0 Å². The van der Waals surface area contributed by atoms with E-state index in [9.17, 15) is 0 Å². The molecule has 1 aromatic heterocycles. The molecule has 0 aliphatic heterocycles. The minimum absolute atomic E-state index is 0.647. The summed E-state index contributed by atoms with van der Waals surface area (Å²) < 4.78 is 2.06. The molecular weight excluding hydrogens is 311 g/mol. The zero-order chi connectivity index (χ0) is 17.1. The first-order chi connectivity index (χ1) is 11.5. The van der Waals surface area contributed by atoms with E-state index in [1.807, 2.05) is 0 Å². The van der Waals surface area contributed by atoms with Gasteiger partial charge in [-0.05, 0) is 67.7 Å². The largest absolute Gasteiger partial charge is 0.233 e. The van der Waals surface area contributed by atoms with E-state index in [1.54, 1.807) is 0 Å². The number of nitrogens with zero attached hydrogens (tertiary/aromatic N) is 2. The minimum atomic E-state index is 0.647. The van der Waals surface area contributed by atoms with Gasteiger partial charge in [-0.2, -0.15) is 5.10 Å². The molecule has 0 bridgehead atoms. The number of benzene rings is 2. The van der Waals surface area contributed by atoms with Crippen molar-refractivity contribution in [1.29, 1.82) is 0 Å². The third kappa shape index (κ3) is 3.94. The highest BCUT2D eigenvalue weighted by molar-refractivity contribution is 7.17. The first-order valence-corrected chi connectivity index (χ1v) is 9.18. The zero-order valence-corrected chi connectivity index (χ0v) is 15.8. The summed E-state index contributed by atoms with van der Waals surface area (Å²) in [7, 11) is 2.88. The van der Waals surface area contributed by atoms with Gasteiger partial charge in [-0.15, -0.1) is 9.24 Å². The fourth-order valence-electron chi connectivity index (χ4n) is 2.94. The van der Waals surface area contributed by atoms with Crippen LogP contribution in [0.4, 0.5) is 0 Å². The van der Waals surface area contributed by atoms with Crippen molar-refractivity contribution >= 4 is 9.24 Å². The van der Waals surface area contributed by atoms with E-state index in [-0.39, 0.29) is 0 Å². The molecule has 0 saturated heterocycles. The van der Waals surface area contributed by atoms with Crippen molar-refractivity contribution in [2.24, 2.45) is 0 Å². The van der Waals surface area contributed by atoms with Gasteiger partial charge in [0.2, 0.25) is 0 Å². The number of aryl methyl sites for hydroxylation is 3. The Morgan fingerprint density at radius 3 is 2.58 bits per heavy atom. The van der Waals surface area contributed by atoms with Gasteiger partial charge in [-0.1, -0.05) is 37.3 Å². The van der Waals surface area contributed by atoms with Crippen molar-refractivity contribution in [1.82, 2.24) is 9.78 Å². The average molecular weight is 336 g/mol. The maximum Gasteiger partial charge on any atom is 0.0743 e. The Hall–Kier alpha value is -1.92. The normalized spacial score (nSPS) is 12.3. The quantitative estimate of drug-likeness (QED) is 0.574. The Kier molecular flexibility index (Phi) is 5.16. The van der Waals surface area contributed by atoms with E-state index in [1.165, 1.54) is 23.1 Å². The molecule has 0 radical (unpaired) electrons. The van der Waals surface area contributed by atoms with Crippen LogP contribution in [0.15, 0.2) is 54.6 Å². The molecule has 0 N–H and O–H groups in total. The highest BCUT2D eigenvalue weighted by atomic mass is 31.0. The fourth-order valence-corrected chi connectivity index (χ4v) is 3.11. The van der Waals surface area contributed by atoms with Gasteiger partial charge in [0.25, 0.3) is 0 Å². The second-order valence-electron chi connectivity index (χ2n) is 6.64. The van der Waals surface area contributed by atoms with Crippen LogP contribution >= 0.6 is 9.24 Å². The summed E-state index contributed by atoms with van der Waals surface area (Å²) in [4.78, 5) is 0. The van der Waals surface area contributed by atoms with Gasteiger partial charge in [0.1, 0.15) is 0 Å². The smallest absolute Gasteiger partial charge is 0.0743 e. The molecule has 2 unspecified atom stereocenters. The molecule has 0 fully saturated rings. The first-order valence-electron chi connectivity index (χ1n) is 8.51. The summed E-state index contributed by atoms with van der Waals surface area (Å²) >= 11 is 0. The molecule has 0 aliphatic carbocycles. The summed E-state index contributed by atoms with van der Waals surface area (Å²) in [6.07, 6.45) is 2.29. The van der Waals surface area contributed by atoms with Crippen LogP contribution in [0.5, 0.6) is 0 Å². The Morgan fingerprint density at radius 2 is 1.83 bits per heavy atom. The lowest BCUT2D eigenvalue weighted by Crippen LogP contribution is -2.00. The lowest BCUT2D eigenvalue weighted by Gasteiger charge is -2.10. The van der Waals surface area contributed by atoms with Gasteiger partial charge < -0.3 is 0 Å². The van der Waals surface area contributed by atoms with E-state index in [2.05, 4.69) is 89.3 Å². The molecule has 0 spiro atoms. The third-order valence-electron chi connectivity index (χ3n) is 4.19. The topological polar surface area (TPSA) is 17.8 Å². The fraction of sp³-hybridized carbons (Fsp3) is 0.286. The Morgan fingerprint density at radius 1 is 1.04 bits per heavy atom. The van der Waals surface area contributed by atoms with Crippen LogP contribution in [0, 0.1) is 13.8 Å². The van der Waals surface area contributed by atoms with Crippen LogP contribution in [-0.2, 0) is 6.42 Å². The van der Waals surface area contributed by atoms with E-state index < -0.39 is 0 Å². The van der Waals surface area contributed by atoms with Crippen molar-refractivity contribution in [2.75, 3.05) is 0 Å². The van der Waals surface area contributed by atoms with Crippen LogP contribution in [-0.4, -0.2) is 15.4 Å². The van der Waals surface area contributed by atoms with E-state index in [4.69, 9.17) is 5.10 Å². The molecule has 2 nitrogen and oxygen atoms in total. The standard InChI is InChI=1S/C21H25N2P/c1-15-6-4-9-20(12-15)23-21(13-16(2)22-23)19-8-5-7-18(14-19)11-10-17(3)24/h4-9,12-14,17H,10-11,24H2,1-3H3. The molecule has 0 amide bonds. The van der Waals surface area contributed by atoms with Crippen molar-refractivity contribution in [2.45, 2.75) is 39.3 Å². The number of hydrogen-bond donors (Lipinski definition) is 0. The average Bonchev–Trinajstić information content (AvgIpc) is 2.95. The van der Waals surface area contributed by atoms with Crippen molar-refractivity contribution < 1.29 is 0 Å². The van der Waals surface area contributed by atoms with Gasteiger partial charge in [0.15, 0.2) is 0 Å². The van der Waals surface area contributed by atoms with Crippen LogP contribution in [0.25, 0.3) is 16.9 Å². The second kappa shape index (κ2) is 7.32. The van der Waals surface area contributed by atoms with Crippen molar-refractivity contribution in [3.63, 3.8) is 0 Å². The highest BCUT2D eigenvalue weighted by Gasteiger charge is 2.10. The van der Waals surface area contributed by atoms with Gasteiger partial charge in [0.05, 0.1) is 17.1 Å². The number of hydrogen-bond acceptors (Lipinski definition) is 1. The molecule has 2 atom stereocenters. The minimum Gasteiger partial charge on any atom is -0.233 e. The van der Waals surface area contributed by atoms with Crippen LogP contribution in [0.3, 0.4) is 0 Å². The summed E-state index contributed by atoms with van der Waals surface area (Å²) in [5.74, 6) is 0. The highest BCUT2D eigenvalue weighted by Crippen LogP contribution is 2.26. The van der Waals surface area contributed by atoms with Gasteiger partial charge in [0, 0.05) is 5.56 Å². The van der Waals surface area contributed by atoms with Crippen LogP contribution in [0.1, 0.15) is 30.2 Å². The van der Waals surface area contributed by atoms with E-state index in [0.29, 0.717) is 5.66 Å². The van der Waals surface area contributed by atoms with Crippen LogP contribution in [0.2, 0.25) is 0 Å². The van der Waals surface area contributed by atoms with Gasteiger partial charge in [-0.3, -0.25) is 0 Å². The maximum absolute atomic E-state index is 4.72. The first kappa shape index (κ1) is 16.9.